The lowest BCUT2D eigenvalue weighted by Crippen LogP contribution is -1.99. The molecule has 102 valence electrons. The van der Waals surface area contributed by atoms with Gasteiger partial charge in [0.25, 0.3) is 0 Å². The summed E-state index contributed by atoms with van der Waals surface area (Å²) in [5.41, 5.74) is 1.53. The van der Waals surface area contributed by atoms with Gasteiger partial charge in [0.1, 0.15) is 16.4 Å². The number of nitrogens with one attached hydrogen (secondary N) is 1. The first kappa shape index (κ1) is 12.7. The van der Waals surface area contributed by atoms with Crippen molar-refractivity contribution < 1.29 is 14.3 Å². The van der Waals surface area contributed by atoms with Crippen molar-refractivity contribution in [3.8, 4) is 11.5 Å². The van der Waals surface area contributed by atoms with Crippen molar-refractivity contribution in [1.29, 1.82) is 0 Å². The number of H-pyrrole nitrogens is 1. The first-order chi connectivity index (χ1) is 9.74. The molecule has 0 unspecified atom stereocenters. The molecule has 0 fully saturated rings. The standard InChI is InChI=1S/C15H13NO3S/c1-18-9-3-4-12-10(7-9)11(8-16-12)14(17)15-13(19-2)5-6-20-15/h3-8,16H,1-2H3. The Morgan fingerprint density at radius 2 is 2.05 bits per heavy atom. The smallest absolute Gasteiger partial charge is 0.208 e. The third-order valence-corrected chi connectivity index (χ3v) is 4.08. The van der Waals surface area contributed by atoms with Crippen molar-refractivity contribution in [2.24, 2.45) is 0 Å². The topological polar surface area (TPSA) is 51.3 Å². The van der Waals surface area contributed by atoms with Gasteiger partial charge in [-0.15, -0.1) is 11.3 Å². The lowest BCUT2D eigenvalue weighted by Gasteiger charge is -2.02. The van der Waals surface area contributed by atoms with Crippen molar-refractivity contribution in [2.75, 3.05) is 14.2 Å². The van der Waals surface area contributed by atoms with Crippen molar-refractivity contribution in [3.63, 3.8) is 0 Å². The van der Waals surface area contributed by atoms with Crippen LogP contribution < -0.4 is 9.47 Å². The van der Waals surface area contributed by atoms with E-state index in [-0.39, 0.29) is 5.78 Å². The number of aromatic nitrogens is 1. The van der Waals surface area contributed by atoms with Crippen LogP contribution in [0, 0.1) is 0 Å². The first-order valence-electron chi connectivity index (χ1n) is 6.06. The molecule has 0 bridgehead atoms. The largest absolute Gasteiger partial charge is 0.497 e. The summed E-state index contributed by atoms with van der Waals surface area (Å²) in [6.45, 7) is 0. The normalized spacial score (nSPS) is 10.7. The van der Waals surface area contributed by atoms with Gasteiger partial charge in [0.05, 0.1) is 14.2 Å². The average Bonchev–Trinajstić information content (AvgIpc) is 3.12. The van der Waals surface area contributed by atoms with Crippen LogP contribution >= 0.6 is 11.3 Å². The van der Waals surface area contributed by atoms with Crippen LogP contribution in [0.4, 0.5) is 0 Å². The molecule has 3 rings (SSSR count). The Morgan fingerprint density at radius 1 is 1.20 bits per heavy atom. The van der Waals surface area contributed by atoms with Gasteiger partial charge in [-0.25, -0.2) is 0 Å². The van der Waals surface area contributed by atoms with Crippen LogP contribution in [0.25, 0.3) is 10.9 Å². The van der Waals surface area contributed by atoms with E-state index in [4.69, 9.17) is 9.47 Å². The molecular weight excluding hydrogens is 274 g/mol. The SMILES string of the molecule is COc1ccc2[nH]cc(C(=O)c3sccc3OC)c2c1. The Balaban J connectivity index is 2.12. The highest BCUT2D eigenvalue weighted by atomic mass is 32.1. The number of fused-ring (bicyclic) bond motifs is 1. The summed E-state index contributed by atoms with van der Waals surface area (Å²) in [6, 6.07) is 7.42. The molecular formula is C15H13NO3S. The molecule has 0 amide bonds. The number of ether oxygens (including phenoxy) is 2. The highest BCUT2D eigenvalue weighted by Gasteiger charge is 2.19. The molecule has 0 aliphatic rings. The van der Waals surface area contributed by atoms with Crippen molar-refractivity contribution >= 4 is 28.0 Å². The zero-order chi connectivity index (χ0) is 14.1. The number of thiophene rings is 1. The molecule has 20 heavy (non-hydrogen) atoms. The quantitative estimate of drug-likeness (QED) is 0.747. The summed E-state index contributed by atoms with van der Waals surface area (Å²) in [5, 5.41) is 2.70. The molecule has 3 aromatic rings. The molecule has 0 radical (unpaired) electrons. The van der Waals surface area contributed by atoms with E-state index in [0.29, 0.717) is 16.2 Å². The number of methoxy groups -OCH3 is 2. The van der Waals surface area contributed by atoms with Crippen LogP contribution in [-0.2, 0) is 0 Å². The lowest BCUT2D eigenvalue weighted by atomic mass is 10.1. The summed E-state index contributed by atoms with van der Waals surface area (Å²) >= 11 is 1.38. The van der Waals surface area contributed by atoms with E-state index >= 15 is 0 Å². The van der Waals surface area contributed by atoms with E-state index in [9.17, 15) is 4.79 Å². The second kappa shape index (κ2) is 5.02. The number of ketones is 1. The maximum Gasteiger partial charge on any atom is 0.208 e. The molecule has 0 spiro atoms. The van der Waals surface area contributed by atoms with Gasteiger partial charge in [0, 0.05) is 22.7 Å². The second-order valence-electron chi connectivity index (χ2n) is 4.26. The van der Waals surface area contributed by atoms with Crippen LogP contribution in [0.5, 0.6) is 11.5 Å². The molecule has 1 aromatic carbocycles. The number of hydrogen-bond acceptors (Lipinski definition) is 4. The van der Waals surface area contributed by atoms with E-state index < -0.39 is 0 Å². The van der Waals surface area contributed by atoms with Gasteiger partial charge >= 0.3 is 0 Å². The third-order valence-electron chi connectivity index (χ3n) is 3.19. The fraction of sp³-hybridized carbons (Fsp3) is 0.133. The lowest BCUT2D eigenvalue weighted by molar-refractivity contribution is 0.104. The van der Waals surface area contributed by atoms with Crippen molar-refractivity contribution in [1.82, 2.24) is 4.98 Å². The predicted octanol–water partition coefficient (Wildman–Crippen LogP) is 3.48. The van der Waals surface area contributed by atoms with Crippen LogP contribution in [0.3, 0.4) is 0 Å². The minimum Gasteiger partial charge on any atom is -0.497 e. The van der Waals surface area contributed by atoms with Gasteiger partial charge in [-0.3, -0.25) is 4.79 Å². The van der Waals surface area contributed by atoms with Crippen LogP contribution in [0.2, 0.25) is 0 Å². The second-order valence-corrected chi connectivity index (χ2v) is 5.18. The predicted molar refractivity (Wildman–Crippen MR) is 79.2 cm³/mol. The van der Waals surface area contributed by atoms with Gasteiger partial charge in [0.2, 0.25) is 5.78 Å². The zero-order valence-electron chi connectivity index (χ0n) is 11.1. The first-order valence-corrected chi connectivity index (χ1v) is 6.94. The fourth-order valence-electron chi connectivity index (χ4n) is 2.16. The van der Waals surface area contributed by atoms with E-state index in [2.05, 4.69) is 4.98 Å². The Bertz CT molecular complexity index is 772. The number of carbonyl (C=O) groups excluding carboxylic acids is 1. The molecule has 0 aliphatic heterocycles. The van der Waals surface area contributed by atoms with Crippen LogP contribution in [0.15, 0.2) is 35.8 Å². The van der Waals surface area contributed by atoms with E-state index in [1.165, 1.54) is 11.3 Å². The molecule has 5 heteroatoms. The molecule has 0 atom stereocenters. The van der Waals surface area contributed by atoms with Crippen molar-refractivity contribution in [2.45, 2.75) is 0 Å². The Kier molecular flexibility index (Phi) is 3.20. The molecule has 1 N–H and O–H groups in total. The van der Waals surface area contributed by atoms with Gasteiger partial charge < -0.3 is 14.5 Å². The van der Waals surface area contributed by atoms with E-state index in [1.54, 1.807) is 26.5 Å². The molecule has 0 aliphatic carbocycles. The van der Waals surface area contributed by atoms with Crippen LogP contribution in [0.1, 0.15) is 15.2 Å². The van der Waals surface area contributed by atoms with E-state index in [1.807, 2.05) is 23.6 Å². The molecule has 2 heterocycles. The number of aromatic amines is 1. The maximum absolute atomic E-state index is 12.6. The Hall–Kier alpha value is -2.27. The number of carbonyl (C=O) groups is 1. The van der Waals surface area contributed by atoms with Crippen LogP contribution in [-0.4, -0.2) is 25.0 Å². The number of rotatable bonds is 4. The Morgan fingerprint density at radius 3 is 2.80 bits per heavy atom. The number of benzene rings is 1. The van der Waals surface area contributed by atoms with Crippen molar-refractivity contribution in [3.05, 3.63) is 46.3 Å². The zero-order valence-corrected chi connectivity index (χ0v) is 11.9. The number of hydrogen-bond donors (Lipinski definition) is 1. The Labute approximate surface area is 120 Å². The van der Waals surface area contributed by atoms with Gasteiger partial charge in [-0.05, 0) is 29.6 Å². The summed E-state index contributed by atoms with van der Waals surface area (Å²) < 4.78 is 10.4. The minimum absolute atomic E-state index is 0.0450. The van der Waals surface area contributed by atoms with Gasteiger partial charge in [-0.2, -0.15) is 0 Å². The van der Waals surface area contributed by atoms with E-state index in [0.717, 1.165) is 16.7 Å². The summed E-state index contributed by atoms with van der Waals surface area (Å²) in [5.74, 6) is 1.29. The summed E-state index contributed by atoms with van der Waals surface area (Å²) in [6.07, 6.45) is 1.73. The monoisotopic (exact) mass is 287 g/mol. The molecule has 4 nitrogen and oxygen atoms in total. The maximum atomic E-state index is 12.6. The van der Waals surface area contributed by atoms with Gasteiger partial charge in [-0.1, -0.05) is 0 Å². The van der Waals surface area contributed by atoms with Gasteiger partial charge in [0.15, 0.2) is 0 Å². The third kappa shape index (κ3) is 1.96. The summed E-state index contributed by atoms with van der Waals surface area (Å²) in [4.78, 5) is 16.3. The molecule has 0 saturated heterocycles. The average molecular weight is 287 g/mol. The molecule has 2 aromatic heterocycles. The summed E-state index contributed by atoms with van der Waals surface area (Å²) in [7, 11) is 3.18. The highest BCUT2D eigenvalue weighted by molar-refractivity contribution is 7.12. The fourth-order valence-corrected chi connectivity index (χ4v) is 2.97. The minimum atomic E-state index is -0.0450. The molecule has 0 saturated carbocycles. The highest BCUT2D eigenvalue weighted by Crippen LogP contribution is 2.31.